The van der Waals surface area contributed by atoms with Gasteiger partial charge in [0.15, 0.2) is 0 Å². The lowest BCUT2D eigenvalue weighted by Crippen LogP contribution is -2.15. The minimum Gasteiger partial charge on any atom is -0.508 e. The summed E-state index contributed by atoms with van der Waals surface area (Å²) in [5.41, 5.74) is 0.0839. The van der Waals surface area contributed by atoms with Gasteiger partial charge in [-0.3, -0.25) is 4.79 Å². The van der Waals surface area contributed by atoms with E-state index < -0.39 is 11.4 Å². The van der Waals surface area contributed by atoms with Crippen molar-refractivity contribution >= 4 is 16.9 Å². The van der Waals surface area contributed by atoms with Crippen molar-refractivity contribution in [1.82, 2.24) is 4.98 Å². The van der Waals surface area contributed by atoms with Gasteiger partial charge in [-0.25, -0.2) is 4.79 Å². The second-order valence-electron chi connectivity index (χ2n) is 3.52. The highest BCUT2D eigenvalue weighted by atomic mass is 16.4. The first-order valence-electron chi connectivity index (χ1n) is 4.59. The van der Waals surface area contributed by atoms with E-state index in [-0.39, 0.29) is 16.7 Å². The molecule has 0 fully saturated rings. The van der Waals surface area contributed by atoms with Crippen molar-refractivity contribution in [3.8, 4) is 5.75 Å². The summed E-state index contributed by atoms with van der Waals surface area (Å²) in [6.07, 6.45) is 1.13. The maximum absolute atomic E-state index is 11.8. The van der Waals surface area contributed by atoms with Crippen LogP contribution in [0.2, 0.25) is 0 Å². The Hall–Kier alpha value is -2.30. The number of phenolic OH excluding ortho intramolecular Hbond substituents is 1. The molecule has 5 nitrogen and oxygen atoms in total. The molecule has 16 heavy (non-hydrogen) atoms. The number of H-pyrrole nitrogens is 1. The highest BCUT2D eigenvalue weighted by molar-refractivity contribution is 5.92. The summed E-state index contributed by atoms with van der Waals surface area (Å²) >= 11 is 0. The maximum Gasteiger partial charge on any atom is 0.341 e. The van der Waals surface area contributed by atoms with Gasteiger partial charge in [-0.05, 0) is 18.6 Å². The third kappa shape index (κ3) is 1.42. The third-order valence-corrected chi connectivity index (χ3v) is 2.43. The number of carboxylic acids is 1. The number of aromatic nitrogens is 1. The van der Waals surface area contributed by atoms with Crippen LogP contribution in [-0.2, 0) is 0 Å². The number of benzene rings is 1. The zero-order valence-electron chi connectivity index (χ0n) is 8.44. The van der Waals surface area contributed by atoms with Crippen LogP contribution >= 0.6 is 0 Å². The zero-order chi connectivity index (χ0) is 11.9. The lowest BCUT2D eigenvalue weighted by molar-refractivity contribution is 0.0695. The molecule has 0 saturated carbocycles. The van der Waals surface area contributed by atoms with Crippen LogP contribution < -0.4 is 5.43 Å². The molecule has 0 unspecified atom stereocenters. The highest BCUT2D eigenvalue weighted by Gasteiger charge is 2.12. The Kier molecular flexibility index (Phi) is 2.16. The van der Waals surface area contributed by atoms with Crippen molar-refractivity contribution in [2.75, 3.05) is 0 Å². The van der Waals surface area contributed by atoms with Crippen LogP contribution in [-0.4, -0.2) is 21.2 Å². The molecule has 0 bridgehead atoms. The van der Waals surface area contributed by atoms with Crippen molar-refractivity contribution in [1.29, 1.82) is 0 Å². The molecule has 1 aromatic heterocycles. The van der Waals surface area contributed by atoms with E-state index >= 15 is 0 Å². The van der Waals surface area contributed by atoms with E-state index in [9.17, 15) is 14.7 Å². The number of nitrogens with one attached hydrogen (secondary N) is 1. The molecule has 0 spiro atoms. The van der Waals surface area contributed by atoms with Gasteiger partial charge in [0, 0.05) is 17.6 Å². The number of rotatable bonds is 1. The Morgan fingerprint density at radius 2 is 2.06 bits per heavy atom. The fraction of sp³-hybridized carbons (Fsp3) is 0.0909. The van der Waals surface area contributed by atoms with Crippen LogP contribution in [0.1, 0.15) is 15.9 Å². The molecule has 5 heteroatoms. The SMILES string of the molecule is Cc1cc2c(=O)c(C(=O)O)c[nH]c2cc1O. The lowest BCUT2D eigenvalue weighted by atomic mass is 10.1. The number of pyridine rings is 1. The molecule has 2 rings (SSSR count). The number of carboxylic acid groups (broad SMARTS) is 1. The van der Waals surface area contributed by atoms with Crippen LogP contribution in [0.15, 0.2) is 23.1 Å². The molecule has 82 valence electrons. The van der Waals surface area contributed by atoms with Crippen LogP contribution in [0.4, 0.5) is 0 Å². The van der Waals surface area contributed by atoms with Crippen molar-refractivity contribution in [2.45, 2.75) is 6.92 Å². The summed E-state index contributed by atoms with van der Waals surface area (Å²) in [6, 6.07) is 2.87. The normalized spacial score (nSPS) is 10.6. The number of aromatic carboxylic acids is 1. The van der Waals surface area contributed by atoms with E-state index in [2.05, 4.69) is 4.98 Å². The Bertz CT molecular complexity index is 642. The molecule has 0 aliphatic heterocycles. The molecule has 2 aromatic rings. The molecule has 0 amide bonds. The van der Waals surface area contributed by atoms with Gasteiger partial charge >= 0.3 is 5.97 Å². The largest absolute Gasteiger partial charge is 0.508 e. The van der Waals surface area contributed by atoms with E-state index in [0.29, 0.717) is 11.1 Å². The van der Waals surface area contributed by atoms with Crippen molar-refractivity contribution in [2.24, 2.45) is 0 Å². The Morgan fingerprint density at radius 3 is 2.69 bits per heavy atom. The summed E-state index contributed by atoms with van der Waals surface area (Å²) in [4.78, 5) is 25.2. The maximum atomic E-state index is 11.8. The van der Waals surface area contributed by atoms with Gasteiger partial charge in [0.2, 0.25) is 5.43 Å². The average molecular weight is 219 g/mol. The molecule has 0 aliphatic rings. The van der Waals surface area contributed by atoms with E-state index in [4.69, 9.17) is 5.11 Å². The minimum atomic E-state index is -1.27. The first-order valence-corrected chi connectivity index (χ1v) is 4.59. The summed E-state index contributed by atoms with van der Waals surface area (Å²) in [5, 5.41) is 18.5. The lowest BCUT2D eigenvalue weighted by Gasteiger charge is -2.03. The van der Waals surface area contributed by atoms with Crippen LogP contribution in [0.25, 0.3) is 10.9 Å². The van der Waals surface area contributed by atoms with Gasteiger partial charge in [0.25, 0.3) is 0 Å². The number of aromatic amines is 1. The van der Waals surface area contributed by atoms with E-state index in [1.54, 1.807) is 6.92 Å². The number of fused-ring (bicyclic) bond motifs is 1. The zero-order valence-corrected chi connectivity index (χ0v) is 8.44. The highest BCUT2D eigenvalue weighted by Crippen LogP contribution is 2.20. The van der Waals surface area contributed by atoms with Crippen molar-refractivity contribution in [3.05, 3.63) is 39.7 Å². The minimum absolute atomic E-state index is 0.0613. The van der Waals surface area contributed by atoms with Gasteiger partial charge in [-0.15, -0.1) is 0 Å². The smallest absolute Gasteiger partial charge is 0.341 e. The molecular weight excluding hydrogens is 210 g/mol. The first-order chi connectivity index (χ1) is 7.50. The standard InChI is InChI=1S/C11H9NO4/c1-5-2-6-8(3-9(5)13)12-4-7(10(6)14)11(15)16/h2-4,13H,1H3,(H,12,14)(H,15,16). The van der Waals surface area contributed by atoms with Crippen LogP contribution in [0.5, 0.6) is 5.75 Å². The molecule has 0 atom stereocenters. The van der Waals surface area contributed by atoms with E-state index in [1.165, 1.54) is 12.1 Å². The first kappa shape index (κ1) is 10.2. The summed E-state index contributed by atoms with van der Waals surface area (Å²) in [5.74, 6) is -1.21. The molecule has 1 aromatic carbocycles. The predicted octanol–water partition coefficient (Wildman–Crippen LogP) is 1.24. The monoisotopic (exact) mass is 219 g/mol. The Morgan fingerprint density at radius 1 is 1.38 bits per heavy atom. The molecule has 0 saturated heterocycles. The van der Waals surface area contributed by atoms with Gasteiger partial charge in [0.05, 0.1) is 5.52 Å². The fourth-order valence-electron chi connectivity index (χ4n) is 1.52. The number of phenols is 1. The third-order valence-electron chi connectivity index (χ3n) is 2.43. The van der Waals surface area contributed by atoms with Gasteiger partial charge in [-0.1, -0.05) is 0 Å². The second kappa shape index (κ2) is 3.37. The van der Waals surface area contributed by atoms with Gasteiger partial charge in [-0.2, -0.15) is 0 Å². The van der Waals surface area contributed by atoms with Crippen LogP contribution in [0, 0.1) is 6.92 Å². The summed E-state index contributed by atoms with van der Waals surface area (Å²) < 4.78 is 0. The quantitative estimate of drug-likeness (QED) is 0.673. The predicted molar refractivity (Wildman–Crippen MR) is 57.9 cm³/mol. The van der Waals surface area contributed by atoms with Crippen molar-refractivity contribution < 1.29 is 15.0 Å². The van der Waals surface area contributed by atoms with Gasteiger partial charge < -0.3 is 15.2 Å². The number of carbonyl (C=O) groups is 1. The van der Waals surface area contributed by atoms with E-state index in [0.717, 1.165) is 6.20 Å². The van der Waals surface area contributed by atoms with Gasteiger partial charge in [0.1, 0.15) is 11.3 Å². The molecule has 1 heterocycles. The Balaban J connectivity index is 2.90. The number of aryl methyl sites for hydroxylation is 1. The number of hydrogen-bond donors (Lipinski definition) is 3. The summed E-state index contributed by atoms with van der Waals surface area (Å²) in [7, 11) is 0. The fourth-order valence-corrected chi connectivity index (χ4v) is 1.52. The topological polar surface area (TPSA) is 90.4 Å². The summed E-state index contributed by atoms with van der Waals surface area (Å²) in [6.45, 7) is 1.64. The van der Waals surface area contributed by atoms with Crippen LogP contribution in [0.3, 0.4) is 0 Å². The average Bonchev–Trinajstić information content (AvgIpc) is 2.21. The van der Waals surface area contributed by atoms with E-state index in [1.807, 2.05) is 0 Å². The molecule has 0 radical (unpaired) electrons. The Labute approximate surface area is 90.0 Å². The molecule has 3 N–H and O–H groups in total. The second-order valence-corrected chi connectivity index (χ2v) is 3.52. The molecular formula is C11H9NO4. The molecule has 0 aliphatic carbocycles. The number of aromatic hydroxyl groups is 1. The number of hydrogen-bond acceptors (Lipinski definition) is 3. The van der Waals surface area contributed by atoms with Crippen molar-refractivity contribution in [3.63, 3.8) is 0 Å².